The fraction of sp³-hybridized carbons (Fsp3) is 0.447. The Morgan fingerprint density at radius 1 is 0.911 bits per heavy atom. The molecule has 3 aromatic carbocycles. The van der Waals surface area contributed by atoms with Crippen LogP contribution in [0.25, 0.3) is 10.9 Å². The van der Waals surface area contributed by atoms with Crippen molar-refractivity contribution in [1.29, 1.82) is 0 Å². The van der Waals surface area contributed by atoms with Crippen LogP contribution < -0.4 is 16.4 Å². The summed E-state index contributed by atoms with van der Waals surface area (Å²) in [5, 5.41) is 18.5. The normalized spacial score (nSPS) is 19.9. The van der Waals surface area contributed by atoms with Crippen LogP contribution in [-0.4, -0.2) is 59.3 Å². The van der Waals surface area contributed by atoms with E-state index in [2.05, 4.69) is 56.9 Å². The number of hydrogen-bond acceptors (Lipinski definition) is 5. The zero-order chi connectivity index (χ0) is 31.3. The molecule has 7 nitrogen and oxygen atoms in total. The number of nitrogens with one attached hydrogen (secondary N) is 3. The molecule has 2 fully saturated rings. The zero-order valence-corrected chi connectivity index (χ0v) is 26.5. The van der Waals surface area contributed by atoms with Crippen LogP contribution >= 0.6 is 0 Å². The Morgan fingerprint density at radius 3 is 2.36 bits per heavy atom. The number of aromatic nitrogens is 1. The summed E-state index contributed by atoms with van der Waals surface area (Å²) >= 11 is 0. The van der Waals surface area contributed by atoms with Crippen molar-refractivity contribution in [1.82, 2.24) is 20.5 Å². The lowest BCUT2D eigenvalue weighted by molar-refractivity contribution is 0.0347. The quantitative estimate of drug-likeness (QED) is 0.147. The van der Waals surface area contributed by atoms with Crippen LogP contribution in [0.2, 0.25) is 0 Å². The lowest BCUT2D eigenvalue weighted by atomic mass is 9.88. The molecular weight excluding hydrogens is 558 g/mol. The minimum atomic E-state index is -0.523. The Balaban J connectivity index is 0.000000436. The molecule has 2 heterocycles. The third kappa shape index (κ3) is 10.3. The molecule has 4 aromatic rings. The number of rotatable bonds is 11. The summed E-state index contributed by atoms with van der Waals surface area (Å²) in [6.45, 7) is 3.50. The Hall–Kier alpha value is -3.49. The van der Waals surface area contributed by atoms with Crippen molar-refractivity contribution in [2.45, 2.75) is 70.2 Å². The number of nitrogens with zero attached hydrogens (tertiary/aromatic N) is 1. The first-order valence-electron chi connectivity index (χ1n) is 16.9. The number of aliphatic hydroxyl groups is 1. The Morgan fingerprint density at radius 2 is 1.64 bits per heavy atom. The highest BCUT2D eigenvalue weighted by molar-refractivity contribution is 5.98. The van der Waals surface area contributed by atoms with Crippen molar-refractivity contribution in [3.63, 3.8) is 0 Å². The topological polar surface area (TPSA) is 106 Å². The summed E-state index contributed by atoms with van der Waals surface area (Å²) in [6, 6.07) is 28.5. The number of β-amino-alcohol motifs (C(OH)–C–C–N with tert-alkyl or cyclic N) is 1. The molecule has 1 aliphatic carbocycles. The van der Waals surface area contributed by atoms with Crippen molar-refractivity contribution in [3.05, 3.63) is 108 Å². The van der Waals surface area contributed by atoms with Crippen LogP contribution in [-0.2, 0) is 13.0 Å². The highest BCUT2D eigenvalue weighted by atomic mass is 16.3. The van der Waals surface area contributed by atoms with Gasteiger partial charge in [-0.2, -0.15) is 0 Å². The van der Waals surface area contributed by atoms with Crippen LogP contribution in [0.15, 0.2) is 91.1 Å². The average molecular weight is 610 g/mol. The number of nitrogens with two attached hydrogens (primary N) is 1. The van der Waals surface area contributed by atoms with E-state index in [1.807, 2.05) is 54.7 Å². The first kappa shape index (κ1) is 32.9. The van der Waals surface area contributed by atoms with E-state index in [4.69, 9.17) is 5.73 Å². The number of piperidine rings is 1. The van der Waals surface area contributed by atoms with E-state index >= 15 is 0 Å². The molecule has 1 aromatic heterocycles. The first-order valence-corrected chi connectivity index (χ1v) is 16.9. The molecule has 7 heteroatoms. The van der Waals surface area contributed by atoms with Crippen LogP contribution in [0, 0.1) is 11.8 Å². The predicted octanol–water partition coefficient (Wildman–Crippen LogP) is 5.85. The van der Waals surface area contributed by atoms with Gasteiger partial charge in [0, 0.05) is 48.8 Å². The standard InChI is InChI=1S/C31H36N4O2.C7H15N/c36-28(21-32-20-24-9-5-2-6-10-24)22-35-16-14-25(17-23-7-3-1-4-8-23)18-30(35)34-31(37)27-11-12-29-26(19-27)13-15-33-29;8-6-7-4-2-1-3-5-7/h1-13,15,19,25,28,30,32-33,36H,14,16-18,20-22H2,(H,34,37);7H,1-6,8H2. The molecule has 1 aliphatic heterocycles. The number of fused-ring (bicyclic) bond motifs is 1. The van der Waals surface area contributed by atoms with Gasteiger partial charge in [0.25, 0.3) is 5.91 Å². The summed E-state index contributed by atoms with van der Waals surface area (Å²) in [4.78, 5) is 18.7. The van der Waals surface area contributed by atoms with E-state index in [-0.39, 0.29) is 12.1 Å². The maximum atomic E-state index is 13.3. The van der Waals surface area contributed by atoms with Crippen LogP contribution in [0.3, 0.4) is 0 Å². The van der Waals surface area contributed by atoms with Gasteiger partial charge in [-0.05, 0) is 85.9 Å². The maximum Gasteiger partial charge on any atom is 0.252 e. The van der Waals surface area contributed by atoms with Crippen molar-refractivity contribution in [3.8, 4) is 0 Å². The van der Waals surface area contributed by atoms with Crippen molar-refractivity contribution in [2.24, 2.45) is 17.6 Å². The average Bonchev–Trinajstić information content (AvgIpc) is 3.56. The monoisotopic (exact) mass is 609 g/mol. The van der Waals surface area contributed by atoms with Crippen molar-refractivity contribution < 1.29 is 9.90 Å². The lowest BCUT2D eigenvalue weighted by Crippen LogP contribution is -2.55. The summed E-state index contributed by atoms with van der Waals surface area (Å²) in [6.07, 6.45) is 11.2. The van der Waals surface area contributed by atoms with Gasteiger partial charge >= 0.3 is 0 Å². The van der Waals surface area contributed by atoms with Gasteiger partial charge in [0.15, 0.2) is 0 Å². The molecular formula is C38H51N5O2. The van der Waals surface area contributed by atoms with Crippen molar-refractivity contribution in [2.75, 3.05) is 26.2 Å². The summed E-state index contributed by atoms with van der Waals surface area (Å²) in [7, 11) is 0. The van der Waals surface area contributed by atoms with E-state index < -0.39 is 6.10 Å². The molecule has 1 amide bonds. The van der Waals surface area contributed by atoms with E-state index in [0.29, 0.717) is 24.6 Å². The third-order valence-corrected chi connectivity index (χ3v) is 9.36. The second kappa shape index (κ2) is 17.3. The number of amides is 1. The van der Waals surface area contributed by atoms with E-state index in [0.717, 1.165) is 55.7 Å². The minimum Gasteiger partial charge on any atom is -0.390 e. The number of likely N-dealkylation sites (tertiary alicyclic amines) is 1. The largest absolute Gasteiger partial charge is 0.390 e. The van der Waals surface area contributed by atoms with Gasteiger partial charge in [0.2, 0.25) is 0 Å². The molecule has 1 saturated carbocycles. The number of carbonyl (C=O) groups excluding carboxylic acids is 1. The van der Waals surface area contributed by atoms with Crippen LogP contribution in [0.4, 0.5) is 0 Å². The third-order valence-electron chi connectivity index (χ3n) is 9.36. The number of H-pyrrole nitrogens is 1. The number of aromatic amines is 1. The smallest absolute Gasteiger partial charge is 0.252 e. The summed E-state index contributed by atoms with van der Waals surface area (Å²) in [5.41, 5.74) is 9.70. The fourth-order valence-electron chi connectivity index (χ4n) is 6.75. The van der Waals surface area contributed by atoms with E-state index in [1.54, 1.807) is 0 Å². The fourth-order valence-corrected chi connectivity index (χ4v) is 6.75. The van der Waals surface area contributed by atoms with Crippen molar-refractivity contribution >= 4 is 16.8 Å². The van der Waals surface area contributed by atoms with Crippen LogP contribution in [0.1, 0.15) is 66.4 Å². The second-order valence-corrected chi connectivity index (χ2v) is 12.9. The molecule has 0 spiro atoms. The predicted molar refractivity (Wildman–Crippen MR) is 184 cm³/mol. The highest BCUT2D eigenvalue weighted by Gasteiger charge is 2.31. The Bertz CT molecular complexity index is 1420. The van der Waals surface area contributed by atoms with E-state index in [9.17, 15) is 9.90 Å². The zero-order valence-electron chi connectivity index (χ0n) is 26.5. The number of benzene rings is 3. The highest BCUT2D eigenvalue weighted by Crippen LogP contribution is 2.26. The Kier molecular flexibility index (Phi) is 12.6. The molecule has 0 radical (unpaired) electrons. The molecule has 2 aliphatic rings. The SMILES string of the molecule is NCC1CCCCC1.O=C(NC1CC(Cc2ccccc2)CCN1CC(O)CNCc1ccccc1)c1ccc2[nH]ccc2c1. The van der Waals surface area contributed by atoms with Gasteiger partial charge in [-0.3, -0.25) is 9.69 Å². The molecule has 3 unspecified atom stereocenters. The molecule has 6 rings (SSSR count). The number of carbonyl (C=O) groups is 1. The number of hydrogen-bond donors (Lipinski definition) is 5. The summed E-state index contributed by atoms with van der Waals surface area (Å²) in [5.74, 6) is 1.27. The Labute approximate surface area is 268 Å². The second-order valence-electron chi connectivity index (χ2n) is 12.9. The summed E-state index contributed by atoms with van der Waals surface area (Å²) < 4.78 is 0. The molecule has 0 bridgehead atoms. The van der Waals surface area contributed by atoms with Gasteiger partial charge in [-0.15, -0.1) is 0 Å². The molecule has 240 valence electrons. The van der Waals surface area contributed by atoms with Crippen LogP contribution in [0.5, 0.6) is 0 Å². The van der Waals surface area contributed by atoms with Gasteiger partial charge in [0.1, 0.15) is 0 Å². The van der Waals surface area contributed by atoms with Gasteiger partial charge in [-0.25, -0.2) is 0 Å². The van der Waals surface area contributed by atoms with E-state index in [1.165, 1.54) is 43.2 Å². The molecule has 6 N–H and O–H groups in total. The molecule has 45 heavy (non-hydrogen) atoms. The molecule has 1 saturated heterocycles. The molecule has 3 atom stereocenters. The first-order chi connectivity index (χ1) is 22.1. The van der Waals surface area contributed by atoms with Gasteiger partial charge in [-0.1, -0.05) is 79.9 Å². The van der Waals surface area contributed by atoms with Gasteiger partial charge < -0.3 is 26.5 Å². The number of aliphatic hydroxyl groups excluding tert-OH is 1. The minimum absolute atomic E-state index is 0.0739. The maximum absolute atomic E-state index is 13.3. The lowest BCUT2D eigenvalue weighted by Gasteiger charge is -2.40. The van der Waals surface area contributed by atoms with Gasteiger partial charge in [0.05, 0.1) is 12.3 Å².